The van der Waals surface area contributed by atoms with Crippen LogP contribution >= 0.6 is 0 Å². The highest BCUT2D eigenvalue weighted by atomic mass is 16.5. The van der Waals surface area contributed by atoms with Gasteiger partial charge in [0.1, 0.15) is 0 Å². The number of pyridine rings is 1. The lowest BCUT2D eigenvalue weighted by Crippen LogP contribution is -2.36. The fraction of sp³-hybridized carbons (Fsp3) is 0.545. The molecule has 0 amide bonds. The maximum Gasteiger partial charge on any atom is 0.0700 e. The Hall–Kier alpha value is -0.930. The molecular weight excluding hydrogens is 176 g/mol. The van der Waals surface area contributed by atoms with E-state index >= 15 is 0 Å². The lowest BCUT2D eigenvalue weighted by Gasteiger charge is -2.19. The third-order valence-electron chi connectivity index (χ3n) is 2.25. The summed E-state index contributed by atoms with van der Waals surface area (Å²) < 4.78 is 5.44. The highest BCUT2D eigenvalue weighted by Gasteiger charge is 2.12. The summed E-state index contributed by atoms with van der Waals surface area (Å²) in [5, 5.41) is 0. The molecule has 0 aliphatic rings. The molecule has 0 spiro atoms. The van der Waals surface area contributed by atoms with Gasteiger partial charge in [-0.25, -0.2) is 0 Å². The van der Waals surface area contributed by atoms with Crippen LogP contribution in [0, 0.1) is 0 Å². The summed E-state index contributed by atoms with van der Waals surface area (Å²) in [5.74, 6) is 0. The van der Waals surface area contributed by atoms with E-state index in [0.29, 0.717) is 6.61 Å². The number of hydrogen-bond donors (Lipinski definition) is 1. The van der Waals surface area contributed by atoms with Crippen molar-refractivity contribution in [2.45, 2.75) is 32.4 Å². The molecule has 1 rings (SSSR count). The molecule has 1 aromatic heterocycles. The number of ether oxygens (including phenoxy) is 1. The molecule has 2 atom stereocenters. The largest absolute Gasteiger partial charge is 0.377 e. The fourth-order valence-corrected chi connectivity index (χ4v) is 1.34. The van der Waals surface area contributed by atoms with Crippen molar-refractivity contribution in [2.75, 3.05) is 6.61 Å². The Balaban J connectivity index is 2.44. The monoisotopic (exact) mass is 194 g/mol. The average molecular weight is 194 g/mol. The minimum absolute atomic E-state index is 0.0531. The maximum atomic E-state index is 5.99. The third kappa shape index (κ3) is 3.44. The number of nitrogens with two attached hydrogens (primary N) is 1. The summed E-state index contributed by atoms with van der Waals surface area (Å²) in [6, 6.07) is 4.02. The summed E-state index contributed by atoms with van der Waals surface area (Å²) in [7, 11) is 0. The van der Waals surface area contributed by atoms with Crippen molar-refractivity contribution < 1.29 is 4.74 Å². The summed E-state index contributed by atoms with van der Waals surface area (Å²) in [6.45, 7) is 4.70. The predicted octanol–water partition coefficient (Wildman–Crippen LogP) is 1.38. The molecule has 0 saturated heterocycles. The van der Waals surface area contributed by atoms with E-state index in [1.165, 1.54) is 5.56 Å². The van der Waals surface area contributed by atoms with Crippen LogP contribution in [0.4, 0.5) is 0 Å². The van der Waals surface area contributed by atoms with Crippen LogP contribution in [-0.4, -0.2) is 23.7 Å². The fourth-order valence-electron chi connectivity index (χ4n) is 1.34. The first-order chi connectivity index (χ1) is 6.74. The van der Waals surface area contributed by atoms with Gasteiger partial charge >= 0.3 is 0 Å². The number of aromatic nitrogens is 1. The Bertz CT molecular complexity index is 251. The topological polar surface area (TPSA) is 48.1 Å². The lowest BCUT2D eigenvalue weighted by molar-refractivity contribution is 0.0577. The van der Waals surface area contributed by atoms with Gasteiger partial charge in [0.15, 0.2) is 0 Å². The Morgan fingerprint density at radius 3 is 2.64 bits per heavy atom. The molecular formula is C11H18N2O. The van der Waals surface area contributed by atoms with E-state index in [2.05, 4.69) is 4.98 Å². The molecule has 0 aliphatic carbocycles. The molecule has 0 saturated carbocycles. The molecule has 78 valence electrons. The molecule has 1 aromatic rings. The van der Waals surface area contributed by atoms with Gasteiger partial charge < -0.3 is 10.5 Å². The van der Waals surface area contributed by atoms with Gasteiger partial charge in [0.2, 0.25) is 0 Å². The molecule has 0 radical (unpaired) electrons. The van der Waals surface area contributed by atoms with Crippen molar-refractivity contribution in [3.63, 3.8) is 0 Å². The summed E-state index contributed by atoms with van der Waals surface area (Å²) in [5.41, 5.74) is 7.20. The second-order valence-corrected chi connectivity index (χ2v) is 3.38. The van der Waals surface area contributed by atoms with E-state index in [0.717, 1.165) is 6.42 Å². The molecule has 0 aromatic carbocycles. The SMILES string of the molecule is CCOC(C)C(N)Cc1ccncc1. The van der Waals surface area contributed by atoms with Crippen molar-refractivity contribution in [3.05, 3.63) is 30.1 Å². The first kappa shape index (κ1) is 11.1. The zero-order valence-electron chi connectivity index (χ0n) is 8.81. The zero-order valence-corrected chi connectivity index (χ0v) is 8.81. The van der Waals surface area contributed by atoms with Crippen LogP contribution in [0.3, 0.4) is 0 Å². The van der Waals surface area contributed by atoms with Crippen LogP contribution in [0.1, 0.15) is 19.4 Å². The maximum absolute atomic E-state index is 5.99. The number of hydrogen-bond acceptors (Lipinski definition) is 3. The Morgan fingerprint density at radius 1 is 1.43 bits per heavy atom. The molecule has 0 bridgehead atoms. The second-order valence-electron chi connectivity index (χ2n) is 3.38. The molecule has 14 heavy (non-hydrogen) atoms. The lowest BCUT2D eigenvalue weighted by atomic mass is 10.0. The van der Waals surface area contributed by atoms with Crippen LogP contribution < -0.4 is 5.73 Å². The van der Waals surface area contributed by atoms with Gasteiger partial charge in [-0.05, 0) is 38.0 Å². The van der Waals surface area contributed by atoms with Crippen molar-refractivity contribution in [1.29, 1.82) is 0 Å². The van der Waals surface area contributed by atoms with Gasteiger partial charge in [-0.2, -0.15) is 0 Å². The van der Waals surface area contributed by atoms with Gasteiger partial charge in [0, 0.05) is 25.0 Å². The first-order valence-corrected chi connectivity index (χ1v) is 5.00. The van der Waals surface area contributed by atoms with E-state index in [1.807, 2.05) is 26.0 Å². The van der Waals surface area contributed by atoms with Crippen LogP contribution in [0.2, 0.25) is 0 Å². The minimum atomic E-state index is 0.0531. The Morgan fingerprint density at radius 2 is 2.07 bits per heavy atom. The standard InChI is InChI=1S/C11H18N2O/c1-3-14-9(2)11(12)8-10-4-6-13-7-5-10/h4-7,9,11H,3,8,12H2,1-2H3. The average Bonchev–Trinajstić information content (AvgIpc) is 2.19. The van der Waals surface area contributed by atoms with E-state index < -0.39 is 0 Å². The van der Waals surface area contributed by atoms with Crippen molar-refractivity contribution >= 4 is 0 Å². The summed E-state index contributed by atoms with van der Waals surface area (Å²) >= 11 is 0. The highest BCUT2D eigenvalue weighted by Crippen LogP contribution is 2.05. The molecule has 1 heterocycles. The Labute approximate surface area is 85.3 Å². The smallest absolute Gasteiger partial charge is 0.0700 e. The predicted molar refractivity (Wildman–Crippen MR) is 57.0 cm³/mol. The molecule has 2 unspecified atom stereocenters. The molecule has 0 fully saturated rings. The van der Waals surface area contributed by atoms with Gasteiger partial charge in [-0.1, -0.05) is 0 Å². The van der Waals surface area contributed by atoms with Gasteiger partial charge in [0.25, 0.3) is 0 Å². The van der Waals surface area contributed by atoms with Crippen LogP contribution in [0.15, 0.2) is 24.5 Å². The normalized spacial score (nSPS) is 15.1. The van der Waals surface area contributed by atoms with E-state index in [-0.39, 0.29) is 12.1 Å². The second kappa shape index (κ2) is 5.73. The molecule has 0 aliphatic heterocycles. The van der Waals surface area contributed by atoms with Crippen molar-refractivity contribution in [3.8, 4) is 0 Å². The zero-order chi connectivity index (χ0) is 10.4. The minimum Gasteiger partial charge on any atom is -0.377 e. The molecule has 3 heteroatoms. The van der Waals surface area contributed by atoms with Gasteiger partial charge in [-0.15, -0.1) is 0 Å². The highest BCUT2D eigenvalue weighted by molar-refractivity contribution is 5.11. The summed E-state index contributed by atoms with van der Waals surface area (Å²) in [6.07, 6.45) is 4.51. The Kier molecular flexibility index (Phi) is 4.56. The van der Waals surface area contributed by atoms with Crippen LogP contribution in [-0.2, 0) is 11.2 Å². The van der Waals surface area contributed by atoms with E-state index in [4.69, 9.17) is 10.5 Å². The van der Waals surface area contributed by atoms with E-state index in [1.54, 1.807) is 12.4 Å². The van der Waals surface area contributed by atoms with Crippen LogP contribution in [0.5, 0.6) is 0 Å². The number of nitrogens with zero attached hydrogens (tertiary/aromatic N) is 1. The quantitative estimate of drug-likeness (QED) is 0.770. The summed E-state index contributed by atoms with van der Waals surface area (Å²) in [4.78, 5) is 3.96. The van der Waals surface area contributed by atoms with Gasteiger partial charge in [0.05, 0.1) is 6.10 Å². The molecule has 3 nitrogen and oxygen atoms in total. The van der Waals surface area contributed by atoms with E-state index in [9.17, 15) is 0 Å². The first-order valence-electron chi connectivity index (χ1n) is 5.00. The van der Waals surface area contributed by atoms with Crippen LogP contribution in [0.25, 0.3) is 0 Å². The third-order valence-corrected chi connectivity index (χ3v) is 2.25. The number of rotatable bonds is 5. The van der Waals surface area contributed by atoms with Crippen molar-refractivity contribution in [1.82, 2.24) is 4.98 Å². The van der Waals surface area contributed by atoms with Gasteiger partial charge in [-0.3, -0.25) is 4.98 Å². The molecule has 2 N–H and O–H groups in total. The van der Waals surface area contributed by atoms with Crippen molar-refractivity contribution in [2.24, 2.45) is 5.73 Å².